The van der Waals surface area contributed by atoms with Crippen LogP contribution in [0.3, 0.4) is 0 Å². The van der Waals surface area contributed by atoms with Gasteiger partial charge < -0.3 is 35.3 Å². The molecular weight excluding hydrogens is 673 g/mol. The Kier molecular flexibility index (Phi) is 10.1. The van der Waals surface area contributed by atoms with Crippen molar-refractivity contribution in [2.75, 3.05) is 32.2 Å². The number of hydrogen-bond donors (Lipinski definition) is 4. The van der Waals surface area contributed by atoms with Crippen LogP contribution in [0.1, 0.15) is 76.1 Å². The summed E-state index contributed by atoms with van der Waals surface area (Å²) in [5.41, 5.74) is 2.97. The normalized spacial score (nSPS) is 14.1. The Morgan fingerprint density at radius 3 is 2.41 bits per heavy atom. The monoisotopic (exact) mass is 712 g/mol. The molecule has 12 nitrogen and oxygen atoms in total. The number of aliphatic hydroxyl groups excluding tert-OH is 1. The number of rotatable bonds is 10. The Morgan fingerprint density at radius 1 is 0.961 bits per heavy atom. The molecule has 0 bridgehead atoms. The van der Waals surface area contributed by atoms with Gasteiger partial charge in [0.2, 0.25) is 0 Å². The highest BCUT2D eigenvalue weighted by Gasteiger charge is 2.42. The van der Waals surface area contributed by atoms with Gasteiger partial charge in [0.25, 0.3) is 11.8 Å². The van der Waals surface area contributed by atoms with Gasteiger partial charge in [0.1, 0.15) is 17.0 Å². The third kappa shape index (κ3) is 8.21. The third-order valence-electron chi connectivity index (χ3n) is 8.75. The number of nitrogens with zero attached hydrogens (tertiary/aromatic N) is 1. The van der Waals surface area contributed by atoms with E-state index in [9.17, 15) is 24.3 Å². The van der Waals surface area contributed by atoms with Gasteiger partial charge in [-0.05, 0) is 92.6 Å². The Bertz CT molecular complexity index is 1980. The fraction of sp³-hybridized carbons (Fsp3) is 0.342. The van der Waals surface area contributed by atoms with Gasteiger partial charge in [0.15, 0.2) is 5.69 Å². The zero-order chi connectivity index (χ0) is 36.3. The summed E-state index contributed by atoms with van der Waals surface area (Å²) in [6, 6.07) is 15.6. The maximum Gasteiger partial charge on any atom is 0.407 e. The summed E-state index contributed by atoms with van der Waals surface area (Å²) < 4.78 is 16.5. The maximum absolute atomic E-state index is 14.2. The standard InChI is InChI=1S/C38H40N4O8S/c1-37(2,3)50-36(47)39-19-22-5-7-24(8-6-22)41-33(44)27-17-28-30(49-15-11-23-12-16-51-32(23)28)18-26(27)25-9-10-29(42-31(25)35(46)48-4)34(45)40-20-38(21-43)13-14-38/h5-10,12,16-18,43H,11,13-15,19-21H2,1-4H3,(H,39,47)(H,40,45)(H,41,44). The number of carbonyl (C=O) groups excluding carboxylic acids is 4. The maximum atomic E-state index is 14.2. The van der Waals surface area contributed by atoms with Crippen LogP contribution >= 0.6 is 11.3 Å². The number of aliphatic hydroxyl groups is 1. The van der Waals surface area contributed by atoms with Crippen molar-refractivity contribution >= 4 is 40.9 Å². The average Bonchev–Trinajstić information content (AvgIpc) is 3.80. The summed E-state index contributed by atoms with van der Waals surface area (Å²) in [4.78, 5) is 57.9. The van der Waals surface area contributed by atoms with E-state index in [1.165, 1.54) is 13.2 Å². The lowest BCUT2D eigenvalue weighted by atomic mass is 9.93. The molecule has 1 aliphatic carbocycles. The van der Waals surface area contributed by atoms with Gasteiger partial charge in [0.05, 0.1) is 20.3 Å². The molecule has 266 valence electrons. The van der Waals surface area contributed by atoms with Crippen LogP contribution in [0.4, 0.5) is 10.5 Å². The van der Waals surface area contributed by atoms with E-state index in [1.807, 2.05) is 11.4 Å². The van der Waals surface area contributed by atoms with Gasteiger partial charge in [-0.1, -0.05) is 12.1 Å². The number of pyridine rings is 1. The molecular formula is C38H40N4O8S. The second-order valence-electron chi connectivity index (χ2n) is 13.7. The number of carbonyl (C=O) groups is 4. The van der Waals surface area contributed by atoms with Crippen molar-refractivity contribution in [2.24, 2.45) is 5.41 Å². The molecule has 13 heteroatoms. The molecule has 0 atom stereocenters. The van der Waals surface area contributed by atoms with E-state index in [4.69, 9.17) is 14.2 Å². The summed E-state index contributed by atoms with van der Waals surface area (Å²) in [5, 5.41) is 20.1. The molecule has 1 saturated carbocycles. The molecule has 6 rings (SSSR count). The number of benzene rings is 2. The van der Waals surface area contributed by atoms with Crippen LogP contribution in [-0.2, 0) is 22.4 Å². The molecule has 0 radical (unpaired) electrons. The van der Waals surface area contributed by atoms with E-state index in [-0.39, 0.29) is 47.6 Å². The molecule has 1 aliphatic heterocycles. The van der Waals surface area contributed by atoms with Crippen LogP contribution in [-0.4, -0.2) is 66.4 Å². The van der Waals surface area contributed by atoms with Crippen molar-refractivity contribution < 1.29 is 38.5 Å². The van der Waals surface area contributed by atoms with E-state index >= 15 is 0 Å². The van der Waals surface area contributed by atoms with E-state index in [1.54, 1.807) is 74.6 Å². The number of methoxy groups -OCH3 is 1. The van der Waals surface area contributed by atoms with Gasteiger partial charge >= 0.3 is 12.1 Å². The first-order valence-electron chi connectivity index (χ1n) is 16.6. The first-order chi connectivity index (χ1) is 24.4. The third-order valence-corrected chi connectivity index (χ3v) is 9.74. The van der Waals surface area contributed by atoms with E-state index in [0.717, 1.165) is 34.4 Å². The van der Waals surface area contributed by atoms with Crippen molar-refractivity contribution in [1.29, 1.82) is 0 Å². The van der Waals surface area contributed by atoms with Gasteiger partial charge in [-0.15, -0.1) is 11.3 Å². The second-order valence-corrected chi connectivity index (χ2v) is 14.6. The fourth-order valence-corrected chi connectivity index (χ4v) is 6.68. The number of fused-ring (bicyclic) bond motifs is 3. The summed E-state index contributed by atoms with van der Waals surface area (Å²) in [6.07, 6.45) is 1.79. The number of aromatic nitrogens is 1. The summed E-state index contributed by atoms with van der Waals surface area (Å²) >= 11 is 1.55. The lowest BCUT2D eigenvalue weighted by Gasteiger charge is -2.19. The number of thiophene rings is 1. The molecule has 0 spiro atoms. The largest absolute Gasteiger partial charge is 0.493 e. The fourth-order valence-electron chi connectivity index (χ4n) is 5.70. The molecule has 3 heterocycles. The molecule has 3 amide bonds. The van der Waals surface area contributed by atoms with Crippen LogP contribution < -0.4 is 20.7 Å². The highest BCUT2D eigenvalue weighted by atomic mass is 32.1. The van der Waals surface area contributed by atoms with Crippen molar-refractivity contribution in [1.82, 2.24) is 15.6 Å². The van der Waals surface area contributed by atoms with Crippen molar-refractivity contribution in [2.45, 2.75) is 52.2 Å². The average molecular weight is 713 g/mol. The number of nitrogens with one attached hydrogen (secondary N) is 3. The molecule has 4 N–H and O–H groups in total. The molecule has 2 aromatic carbocycles. The minimum atomic E-state index is -0.785. The van der Waals surface area contributed by atoms with Crippen LogP contribution in [0, 0.1) is 5.41 Å². The van der Waals surface area contributed by atoms with Crippen LogP contribution in [0.25, 0.3) is 21.6 Å². The van der Waals surface area contributed by atoms with Crippen LogP contribution in [0.5, 0.6) is 5.75 Å². The first-order valence-corrected chi connectivity index (χ1v) is 17.5. The predicted molar refractivity (Wildman–Crippen MR) is 192 cm³/mol. The number of hydrogen-bond acceptors (Lipinski definition) is 10. The molecule has 2 aliphatic rings. The van der Waals surface area contributed by atoms with Gasteiger partial charge in [-0.25, -0.2) is 14.6 Å². The molecule has 1 fully saturated rings. The Balaban J connectivity index is 1.33. The highest BCUT2D eigenvalue weighted by molar-refractivity contribution is 7.13. The number of alkyl carbamates (subject to hydrolysis) is 1. The summed E-state index contributed by atoms with van der Waals surface area (Å²) in [5.74, 6) is -1.19. The Hall–Kier alpha value is -5.27. The summed E-state index contributed by atoms with van der Waals surface area (Å²) in [7, 11) is 1.22. The predicted octanol–water partition coefficient (Wildman–Crippen LogP) is 5.98. The van der Waals surface area contributed by atoms with Crippen LogP contribution in [0.15, 0.2) is 60.0 Å². The van der Waals surface area contributed by atoms with Gasteiger partial charge in [-0.2, -0.15) is 0 Å². The van der Waals surface area contributed by atoms with Crippen molar-refractivity contribution in [3.05, 3.63) is 88.1 Å². The first kappa shape index (κ1) is 35.6. The van der Waals surface area contributed by atoms with Crippen molar-refractivity contribution in [3.63, 3.8) is 0 Å². The topological polar surface area (TPSA) is 165 Å². The van der Waals surface area contributed by atoms with E-state index in [0.29, 0.717) is 30.0 Å². The Labute approximate surface area is 299 Å². The SMILES string of the molecule is COC(=O)c1nc(C(=O)NCC2(CO)CC2)ccc1-c1cc2c(cc1C(=O)Nc1ccc(CNC(=O)OC(C)(C)C)cc1)-c1sccc1CCO2. The molecule has 51 heavy (non-hydrogen) atoms. The Morgan fingerprint density at radius 2 is 1.73 bits per heavy atom. The number of anilines is 1. The minimum absolute atomic E-state index is 0.00521. The molecule has 0 unspecified atom stereocenters. The number of ether oxygens (including phenoxy) is 3. The minimum Gasteiger partial charge on any atom is -0.493 e. The van der Waals surface area contributed by atoms with Crippen molar-refractivity contribution in [3.8, 4) is 27.3 Å². The van der Waals surface area contributed by atoms with E-state index < -0.39 is 29.5 Å². The van der Waals surface area contributed by atoms with Gasteiger partial charge in [-0.3, -0.25) is 9.59 Å². The number of esters is 1. The quantitative estimate of drug-likeness (QED) is 0.145. The van der Waals surface area contributed by atoms with Gasteiger partial charge in [0, 0.05) is 57.7 Å². The second kappa shape index (κ2) is 14.5. The zero-order valence-electron chi connectivity index (χ0n) is 28.9. The molecule has 2 aromatic heterocycles. The lowest BCUT2D eigenvalue weighted by molar-refractivity contribution is 0.0522. The van der Waals surface area contributed by atoms with Crippen LogP contribution in [0.2, 0.25) is 0 Å². The number of amides is 3. The zero-order valence-corrected chi connectivity index (χ0v) is 29.7. The summed E-state index contributed by atoms with van der Waals surface area (Å²) in [6.45, 7) is 6.29. The smallest absolute Gasteiger partial charge is 0.407 e. The molecule has 4 aromatic rings. The molecule has 0 saturated heterocycles. The highest BCUT2D eigenvalue weighted by Crippen LogP contribution is 2.45. The van der Waals surface area contributed by atoms with E-state index in [2.05, 4.69) is 20.9 Å². The lowest BCUT2D eigenvalue weighted by Crippen LogP contribution is -2.32.